The monoisotopic (exact) mass is 467 g/mol. The van der Waals surface area contributed by atoms with Crippen molar-refractivity contribution in [3.63, 3.8) is 0 Å². The van der Waals surface area contributed by atoms with Crippen LogP contribution in [0.5, 0.6) is 0 Å². The Kier molecular flexibility index (Phi) is 8.57. The first-order valence-corrected chi connectivity index (χ1v) is 11.9. The number of carbonyl (C=O) groups excluding carboxylic acids is 2. The summed E-state index contributed by atoms with van der Waals surface area (Å²) < 4.78 is 45.6. The lowest BCUT2D eigenvalue weighted by Crippen LogP contribution is -2.55. The minimum Gasteiger partial charge on any atom is -0.467 e. The van der Waals surface area contributed by atoms with Crippen LogP contribution in [0, 0.1) is 5.82 Å². The van der Waals surface area contributed by atoms with Gasteiger partial charge in [-0.25, -0.2) is 17.5 Å². The van der Waals surface area contributed by atoms with Crippen molar-refractivity contribution >= 4 is 21.8 Å². The molecule has 1 heterocycles. The average Bonchev–Trinajstić information content (AvgIpc) is 3.25. The summed E-state index contributed by atoms with van der Waals surface area (Å²) in [4.78, 5) is 27.2. The summed E-state index contributed by atoms with van der Waals surface area (Å²) in [6.45, 7) is 6.91. The Bertz CT molecular complexity index is 1000. The van der Waals surface area contributed by atoms with Crippen LogP contribution in [0.15, 0.2) is 52.0 Å². The fourth-order valence-corrected chi connectivity index (χ4v) is 3.93. The zero-order valence-electron chi connectivity index (χ0n) is 18.7. The molecule has 2 amide bonds. The SMILES string of the molecule is CCC(C(=O)NC(C)(C)CC)N(Cc1ccco1)C(=O)CNS(=O)(=O)c1ccc(F)cc1. The highest BCUT2D eigenvalue weighted by atomic mass is 32.2. The third-order valence-corrected chi connectivity index (χ3v) is 6.59. The lowest BCUT2D eigenvalue weighted by Gasteiger charge is -2.33. The summed E-state index contributed by atoms with van der Waals surface area (Å²) in [7, 11) is -4.04. The molecule has 1 aromatic carbocycles. The molecule has 0 saturated heterocycles. The second-order valence-electron chi connectivity index (χ2n) is 8.03. The van der Waals surface area contributed by atoms with Crippen LogP contribution in [0.1, 0.15) is 46.3 Å². The summed E-state index contributed by atoms with van der Waals surface area (Å²) in [5.41, 5.74) is -0.464. The van der Waals surface area contributed by atoms with E-state index in [-0.39, 0.29) is 17.3 Å². The first-order chi connectivity index (χ1) is 15.0. The fourth-order valence-electron chi connectivity index (χ4n) is 2.95. The first-order valence-electron chi connectivity index (χ1n) is 10.4. The molecule has 32 heavy (non-hydrogen) atoms. The molecule has 0 radical (unpaired) electrons. The number of hydrogen-bond acceptors (Lipinski definition) is 5. The van der Waals surface area contributed by atoms with Crippen LogP contribution in [-0.2, 0) is 26.2 Å². The van der Waals surface area contributed by atoms with E-state index in [1.54, 1.807) is 19.1 Å². The number of halogens is 1. The zero-order valence-corrected chi connectivity index (χ0v) is 19.5. The Morgan fingerprint density at radius 2 is 1.81 bits per heavy atom. The van der Waals surface area contributed by atoms with E-state index in [1.165, 1.54) is 11.2 Å². The van der Waals surface area contributed by atoms with E-state index in [0.717, 1.165) is 24.3 Å². The van der Waals surface area contributed by atoms with Crippen molar-refractivity contribution < 1.29 is 26.8 Å². The quantitative estimate of drug-likeness (QED) is 0.528. The van der Waals surface area contributed by atoms with Gasteiger partial charge in [0.15, 0.2) is 0 Å². The zero-order chi connectivity index (χ0) is 23.9. The van der Waals surface area contributed by atoms with E-state index >= 15 is 0 Å². The molecule has 0 saturated carbocycles. The van der Waals surface area contributed by atoms with Gasteiger partial charge >= 0.3 is 0 Å². The van der Waals surface area contributed by atoms with Crippen molar-refractivity contribution in [1.82, 2.24) is 14.9 Å². The molecule has 176 valence electrons. The van der Waals surface area contributed by atoms with Gasteiger partial charge in [0.1, 0.15) is 17.6 Å². The van der Waals surface area contributed by atoms with Crippen LogP contribution in [0.2, 0.25) is 0 Å². The molecule has 2 N–H and O–H groups in total. The summed E-state index contributed by atoms with van der Waals surface area (Å²) in [5, 5.41) is 2.94. The largest absolute Gasteiger partial charge is 0.467 e. The smallest absolute Gasteiger partial charge is 0.243 e. The van der Waals surface area contributed by atoms with Gasteiger partial charge in [-0.05, 0) is 63.1 Å². The molecule has 0 aliphatic carbocycles. The molecule has 0 aliphatic heterocycles. The van der Waals surface area contributed by atoms with E-state index in [0.29, 0.717) is 18.6 Å². The number of nitrogens with one attached hydrogen (secondary N) is 2. The fraction of sp³-hybridized carbons (Fsp3) is 0.455. The topological polar surface area (TPSA) is 109 Å². The lowest BCUT2D eigenvalue weighted by atomic mass is 10.0. The van der Waals surface area contributed by atoms with Crippen LogP contribution in [-0.4, -0.2) is 43.3 Å². The number of hydrogen-bond donors (Lipinski definition) is 2. The van der Waals surface area contributed by atoms with Crippen molar-refractivity contribution in [1.29, 1.82) is 0 Å². The standard InChI is InChI=1S/C22H30FN3O5S/c1-5-19(21(28)25-22(3,4)6-2)26(15-17-8-7-13-31-17)20(27)14-24-32(29,30)18-11-9-16(23)10-12-18/h7-13,19,24H,5-6,14-15H2,1-4H3,(H,25,28). The molecular formula is C22H30FN3O5S. The van der Waals surface area contributed by atoms with Gasteiger partial charge in [0, 0.05) is 5.54 Å². The summed E-state index contributed by atoms with van der Waals surface area (Å²) in [5.74, 6) is -1.04. The van der Waals surface area contributed by atoms with Crippen molar-refractivity contribution in [2.75, 3.05) is 6.54 Å². The Hall–Kier alpha value is -2.72. The molecule has 2 rings (SSSR count). The van der Waals surface area contributed by atoms with Crippen LogP contribution >= 0.6 is 0 Å². The molecule has 0 spiro atoms. The third kappa shape index (κ3) is 6.89. The molecule has 0 bridgehead atoms. The predicted molar refractivity (Wildman–Crippen MR) is 117 cm³/mol. The molecule has 1 aromatic heterocycles. The summed E-state index contributed by atoms with van der Waals surface area (Å²) in [6.07, 6.45) is 2.47. The molecule has 1 unspecified atom stereocenters. The molecular weight excluding hydrogens is 437 g/mol. The summed E-state index contributed by atoms with van der Waals surface area (Å²) in [6, 6.07) is 6.77. The van der Waals surface area contributed by atoms with Gasteiger partial charge in [0.2, 0.25) is 21.8 Å². The minimum absolute atomic E-state index is 0.00257. The van der Waals surface area contributed by atoms with Gasteiger partial charge < -0.3 is 14.6 Å². The van der Waals surface area contributed by atoms with Gasteiger partial charge in [-0.15, -0.1) is 0 Å². The molecule has 10 heteroatoms. The highest BCUT2D eigenvalue weighted by molar-refractivity contribution is 7.89. The van der Waals surface area contributed by atoms with Crippen molar-refractivity contribution in [2.45, 2.75) is 63.6 Å². The van der Waals surface area contributed by atoms with Crippen LogP contribution in [0.25, 0.3) is 0 Å². The molecule has 1 atom stereocenters. The molecule has 8 nitrogen and oxygen atoms in total. The van der Waals surface area contributed by atoms with Crippen LogP contribution in [0.3, 0.4) is 0 Å². The maximum Gasteiger partial charge on any atom is 0.243 e. The Morgan fingerprint density at radius 3 is 2.34 bits per heavy atom. The predicted octanol–water partition coefficient (Wildman–Crippen LogP) is 2.81. The number of carbonyl (C=O) groups is 2. The van der Waals surface area contributed by atoms with Gasteiger partial charge in [-0.2, -0.15) is 0 Å². The second-order valence-corrected chi connectivity index (χ2v) is 9.80. The molecule has 0 aliphatic rings. The van der Waals surface area contributed by atoms with E-state index in [4.69, 9.17) is 4.42 Å². The average molecular weight is 468 g/mol. The van der Waals surface area contributed by atoms with Crippen LogP contribution < -0.4 is 10.0 Å². The second kappa shape index (κ2) is 10.7. The Labute approximate surface area is 188 Å². The van der Waals surface area contributed by atoms with E-state index < -0.39 is 39.9 Å². The van der Waals surface area contributed by atoms with Gasteiger partial charge in [-0.3, -0.25) is 9.59 Å². The third-order valence-electron chi connectivity index (χ3n) is 5.18. The number of sulfonamides is 1. The number of furan rings is 1. The van der Waals surface area contributed by atoms with Gasteiger partial charge in [0.05, 0.1) is 24.2 Å². The highest BCUT2D eigenvalue weighted by Gasteiger charge is 2.32. The normalized spacial score (nSPS) is 12.9. The maximum atomic E-state index is 13.1. The van der Waals surface area contributed by atoms with E-state index in [2.05, 4.69) is 10.0 Å². The number of amides is 2. The highest BCUT2D eigenvalue weighted by Crippen LogP contribution is 2.16. The Balaban J connectivity index is 2.21. The number of benzene rings is 1. The number of nitrogens with zero attached hydrogens (tertiary/aromatic N) is 1. The minimum atomic E-state index is -4.04. The first kappa shape index (κ1) is 25.5. The number of rotatable bonds is 11. The van der Waals surface area contributed by atoms with Gasteiger partial charge in [0.25, 0.3) is 0 Å². The maximum absolute atomic E-state index is 13.1. The van der Waals surface area contributed by atoms with E-state index in [9.17, 15) is 22.4 Å². The van der Waals surface area contributed by atoms with Crippen LogP contribution in [0.4, 0.5) is 4.39 Å². The van der Waals surface area contributed by atoms with Crippen molar-refractivity contribution in [2.24, 2.45) is 0 Å². The summed E-state index contributed by atoms with van der Waals surface area (Å²) >= 11 is 0. The lowest BCUT2D eigenvalue weighted by molar-refractivity contribution is -0.141. The Morgan fingerprint density at radius 1 is 1.16 bits per heavy atom. The molecule has 0 fully saturated rings. The van der Waals surface area contributed by atoms with E-state index in [1.807, 2.05) is 20.8 Å². The molecule has 2 aromatic rings. The van der Waals surface area contributed by atoms with Gasteiger partial charge in [-0.1, -0.05) is 13.8 Å². The van der Waals surface area contributed by atoms with Crippen molar-refractivity contribution in [3.8, 4) is 0 Å². The van der Waals surface area contributed by atoms with Crippen molar-refractivity contribution in [3.05, 3.63) is 54.2 Å².